The van der Waals surface area contributed by atoms with Crippen LogP contribution < -0.4 is 0 Å². The molecule has 0 aromatic heterocycles. The predicted octanol–water partition coefficient (Wildman–Crippen LogP) is 2.43. The minimum absolute atomic E-state index is 0.113. The van der Waals surface area contributed by atoms with E-state index in [2.05, 4.69) is 13.8 Å². The molecule has 0 saturated carbocycles. The van der Waals surface area contributed by atoms with Gasteiger partial charge in [0.1, 0.15) is 5.44 Å². The summed E-state index contributed by atoms with van der Waals surface area (Å²) in [6.07, 6.45) is 2.19. The van der Waals surface area contributed by atoms with Crippen molar-refractivity contribution in [1.29, 1.82) is 0 Å². The molecule has 0 bridgehead atoms. The number of hydrogen-bond donors (Lipinski definition) is 0. The Balaban J connectivity index is 2.37. The van der Waals surface area contributed by atoms with Gasteiger partial charge in [0.05, 0.1) is 0 Å². The number of thioether (sulfide) groups is 1. The van der Waals surface area contributed by atoms with Crippen molar-refractivity contribution in [3.8, 4) is 0 Å². The molecule has 1 aliphatic rings. The molecule has 3 atom stereocenters. The van der Waals surface area contributed by atoms with Crippen LogP contribution in [0, 0.1) is 5.92 Å². The van der Waals surface area contributed by atoms with Crippen LogP contribution in [0.2, 0.25) is 0 Å². The zero-order valence-electron chi connectivity index (χ0n) is 7.87. The number of carbonyl (C=O) groups excluding carboxylic acids is 1. The highest BCUT2D eigenvalue weighted by molar-refractivity contribution is 8.00. The van der Waals surface area contributed by atoms with E-state index in [-0.39, 0.29) is 11.4 Å². The van der Waals surface area contributed by atoms with Crippen LogP contribution in [0.5, 0.6) is 0 Å². The summed E-state index contributed by atoms with van der Waals surface area (Å²) >= 11 is 1.80. The summed E-state index contributed by atoms with van der Waals surface area (Å²) < 4.78 is 5.14. The first-order valence-electron chi connectivity index (χ1n) is 4.46. The van der Waals surface area contributed by atoms with Gasteiger partial charge in [-0.25, -0.2) is 0 Å². The van der Waals surface area contributed by atoms with E-state index in [4.69, 9.17) is 4.74 Å². The molecule has 2 nitrogen and oxygen atoms in total. The standard InChI is InChI=1S/C9H16O2S/c1-4-8-6(2)5-9(12-8)11-7(3)10/h6,8-9H,4-5H2,1-3H3. The highest BCUT2D eigenvalue weighted by Gasteiger charge is 2.32. The summed E-state index contributed by atoms with van der Waals surface area (Å²) in [5, 5.41) is 0.675. The third kappa shape index (κ3) is 2.41. The smallest absolute Gasteiger partial charge is 0.303 e. The monoisotopic (exact) mass is 188 g/mol. The van der Waals surface area contributed by atoms with Gasteiger partial charge in [0.2, 0.25) is 0 Å². The highest BCUT2D eigenvalue weighted by atomic mass is 32.2. The van der Waals surface area contributed by atoms with Crippen LogP contribution in [-0.2, 0) is 9.53 Å². The highest BCUT2D eigenvalue weighted by Crippen LogP contribution is 2.40. The van der Waals surface area contributed by atoms with Gasteiger partial charge in [-0.05, 0) is 18.8 Å². The first-order valence-corrected chi connectivity index (χ1v) is 5.40. The van der Waals surface area contributed by atoms with Crippen molar-refractivity contribution in [2.75, 3.05) is 0 Å². The van der Waals surface area contributed by atoms with Crippen LogP contribution in [0.1, 0.15) is 33.6 Å². The molecule has 0 aromatic carbocycles. The van der Waals surface area contributed by atoms with Gasteiger partial charge in [-0.15, -0.1) is 11.8 Å². The molecule has 3 unspecified atom stereocenters. The molecule has 12 heavy (non-hydrogen) atoms. The number of hydrogen-bond acceptors (Lipinski definition) is 3. The number of carbonyl (C=O) groups is 1. The summed E-state index contributed by atoms with van der Waals surface area (Å²) in [6.45, 7) is 5.89. The molecule has 1 fully saturated rings. The van der Waals surface area contributed by atoms with Crippen molar-refractivity contribution < 1.29 is 9.53 Å². The molecule has 3 heteroatoms. The van der Waals surface area contributed by atoms with E-state index in [0.717, 1.165) is 6.42 Å². The van der Waals surface area contributed by atoms with E-state index in [9.17, 15) is 4.79 Å². The summed E-state index contributed by atoms with van der Waals surface area (Å²) in [4.78, 5) is 10.7. The van der Waals surface area contributed by atoms with Crippen molar-refractivity contribution in [3.63, 3.8) is 0 Å². The van der Waals surface area contributed by atoms with E-state index < -0.39 is 0 Å². The summed E-state index contributed by atoms with van der Waals surface area (Å²) in [7, 11) is 0. The lowest BCUT2D eigenvalue weighted by Gasteiger charge is -2.10. The fourth-order valence-electron chi connectivity index (χ4n) is 1.60. The molecule has 0 aliphatic carbocycles. The molecular formula is C9H16O2S. The van der Waals surface area contributed by atoms with Crippen LogP contribution in [0.25, 0.3) is 0 Å². The van der Waals surface area contributed by atoms with Crippen molar-refractivity contribution in [2.45, 2.75) is 44.3 Å². The second-order valence-corrected chi connectivity index (χ2v) is 4.74. The maximum Gasteiger partial charge on any atom is 0.303 e. The summed E-state index contributed by atoms with van der Waals surface area (Å²) in [5.74, 6) is 0.529. The van der Waals surface area contributed by atoms with Crippen molar-refractivity contribution >= 4 is 17.7 Å². The lowest BCUT2D eigenvalue weighted by Crippen LogP contribution is -2.09. The van der Waals surface area contributed by atoms with Gasteiger partial charge in [0, 0.05) is 12.2 Å². The largest absolute Gasteiger partial charge is 0.451 e. The SMILES string of the molecule is CCC1SC(OC(C)=O)CC1C. The molecule has 0 spiro atoms. The second-order valence-electron chi connectivity index (χ2n) is 3.33. The first-order chi connectivity index (χ1) is 5.63. The average Bonchev–Trinajstić information content (AvgIpc) is 2.29. The van der Waals surface area contributed by atoms with Crippen LogP contribution >= 0.6 is 11.8 Å². The zero-order chi connectivity index (χ0) is 9.14. The van der Waals surface area contributed by atoms with E-state index in [0.29, 0.717) is 11.2 Å². The van der Waals surface area contributed by atoms with Gasteiger partial charge in [-0.2, -0.15) is 0 Å². The molecule has 1 aliphatic heterocycles. The van der Waals surface area contributed by atoms with Gasteiger partial charge < -0.3 is 4.74 Å². The van der Waals surface area contributed by atoms with E-state index in [1.165, 1.54) is 13.3 Å². The quantitative estimate of drug-likeness (QED) is 0.622. The molecular weight excluding hydrogens is 172 g/mol. The van der Waals surface area contributed by atoms with Gasteiger partial charge >= 0.3 is 5.97 Å². The van der Waals surface area contributed by atoms with E-state index >= 15 is 0 Å². The summed E-state index contributed by atoms with van der Waals surface area (Å²) in [6, 6.07) is 0. The van der Waals surface area contributed by atoms with Gasteiger partial charge in [-0.1, -0.05) is 13.8 Å². The molecule has 1 rings (SSSR count). The van der Waals surface area contributed by atoms with Crippen LogP contribution in [0.4, 0.5) is 0 Å². The Kier molecular flexibility index (Phi) is 3.44. The Labute approximate surface area is 78.1 Å². The molecule has 1 heterocycles. The zero-order valence-corrected chi connectivity index (χ0v) is 8.69. The minimum Gasteiger partial charge on any atom is -0.451 e. The second kappa shape index (κ2) is 4.17. The van der Waals surface area contributed by atoms with E-state index in [1.54, 1.807) is 11.8 Å². The molecule has 70 valence electrons. The lowest BCUT2D eigenvalue weighted by molar-refractivity contribution is -0.142. The summed E-state index contributed by atoms with van der Waals surface area (Å²) in [5.41, 5.74) is 0.113. The van der Waals surface area contributed by atoms with Crippen molar-refractivity contribution in [2.24, 2.45) is 5.92 Å². The van der Waals surface area contributed by atoms with Crippen LogP contribution in [-0.4, -0.2) is 16.7 Å². The van der Waals surface area contributed by atoms with Crippen LogP contribution in [0.3, 0.4) is 0 Å². The number of ether oxygens (including phenoxy) is 1. The van der Waals surface area contributed by atoms with Crippen LogP contribution in [0.15, 0.2) is 0 Å². The maximum absolute atomic E-state index is 10.7. The molecule has 1 saturated heterocycles. The van der Waals surface area contributed by atoms with Gasteiger partial charge in [0.25, 0.3) is 0 Å². The molecule has 0 radical (unpaired) electrons. The third-order valence-electron chi connectivity index (χ3n) is 2.23. The van der Waals surface area contributed by atoms with E-state index in [1.807, 2.05) is 0 Å². The fraction of sp³-hybridized carbons (Fsp3) is 0.889. The predicted molar refractivity (Wildman–Crippen MR) is 51.0 cm³/mol. The normalized spacial score (nSPS) is 35.1. The van der Waals surface area contributed by atoms with Gasteiger partial charge in [0.15, 0.2) is 0 Å². The molecule has 0 aromatic rings. The maximum atomic E-state index is 10.7. The first kappa shape index (κ1) is 9.90. The Hall–Kier alpha value is -0.180. The fourth-order valence-corrected chi connectivity index (χ4v) is 3.17. The third-order valence-corrected chi connectivity index (χ3v) is 3.97. The Morgan fingerprint density at radius 3 is 2.75 bits per heavy atom. The molecule has 0 N–H and O–H groups in total. The van der Waals surface area contributed by atoms with Crippen molar-refractivity contribution in [1.82, 2.24) is 0 Å². The van der Waals surface area contributed by atoms with Crippen molar-refractivity contribution in [3.05, 3.63) is 0 Å². The molecule has 0 amide bonds. The topological polar surface area (TPSA) is 26.3 Å². The Morgan fingerprint density at radius 1 is 1.67 bits per heavy atom. The average molecular weight is 188 g/mol. The number of esters is 1. The lowest BCUT2D eigenvalue weighted by atomic mass is 10.0. The van der Waals surface area contributed by atoms with Gasteiger partial charge in [-0.3, -0.25) is 4.79 Å². The Bertz CT molecular complexity index is 170. The Morgan fingerprint density at radius 2 is 2.33 bits per heavy atom. The number of rotatable bonds is 2. The minimum atomic E-state index is -0.156.